The molecule has 0 unspecified atom stereocenters. The number of fused-ring (bicyclic) bond motifs is 2. The summed E-state index contributed by atoms with van der Waals surface area (Å²) in [5, 5.41) is 34.7. The number of nitrogens with one attached hydrogen (secondary N) is 2. The molecule has 70 heavy (non-hydrogen) atoms. The van der Waals surface area contributed by atoms with Gasteiger partial charge in [-0.05, 0) is 89.1 Å². The lowest BCUT2D eigenvalue weighted by molar-refractivity contribution is 0.322. The Kier molecular flexibility index (Phi) is 16.1. The van der Waals surface area contributed by atoms with Crippen molar-refractivity contribution in [1.29, 1.82) is 0 Å². The minimum absolute atomic E-state index is 0.0600. The van der Waals surface area contributed by atoms with E-state index in [2.05, 4.69) is 60.8 Å². The van der Waals surface area contributed by atoms with E-state index in [-0.39, 0.29) is 71.9 Å². The highest BCUT2D eigenvalue weighted by Gasteiger charge is 2.23. The molecule has 0 aliphatic carbocycles. The van der Waals surface area contributed by atoms with Crippen molar-refractivity contribution in [2.75, 3.05) is 73.2 Å². The molecule has 0 bridgehead atoms. The van der Waals surface area contributed by atoms with Crippen molar-refractivity contribution in [3.8, 4) is 11.5 Å². The lowest BCUT2D eigenvalue weighted by Crippen LogP contribution is -2.22. The summed E-state index contributed by atoms with van der Waals surface area (Å²) in [6, 6.07) is 13.1. The van der Waals surface area contributed by atoms with Crippen molar-refractivity contribution in [3.05, 3.63) is 59.7 Å². The highest BCUT2D eigenvalue weighted by Crippen LogP contribution is 2.44. The number of nitrogens with zero attached hydrogens (tertiary/aromatic N) is 11. The molecule has 5 N–H and O–H groups in total. The van der Waals surface area contributed by atoms with Crippen LogP contribution in [-0.4, -0.2) is 109 Å². The highest BCUT2D eigenvalue weighted by atomic mass is 32.2. The van der Waals surface area contributed by atoms with Gasteiger partial charge in [-0.3, -0.25) is 9.11 Å². The number of thioether (sulfide) groups is 1. The maximum absolute atomic E-state index is 12.3. The second-order valence-corrected chi connectivity index (χ2v) is 20.9. The SMILES string of the molecule is CCN(CC)c1cc(Nc2nc(Nc3cc(N(CC)CC)c(OC)cc3N=Nc3nc4c(S(=O)(=O)O)cc(C)cc4s3)nc(SCCO)n2)c(N=Nc2nc3c(S(=O)(=O)O)cc(C)cc3s2)cc1OC. The van der Waals surface area contributed by atoms with E-state index in [9.17, 15) is 31.0 Å². The van der Waals surface area contributed by atoms with E-state index in [1.54, 1.807) is 38.1 Å². The Morgan fingerprint density at radius 3 is 1.39 bits per heavy atom. The van der Waals surface area contributed by atoms with Crippen LogP contribution in [0.3, 0.4) is 0 Å². The van der Waals surface area contributed by atoms with Crippen molar-refractivity contribution in [2.45, 2.75) is 56.5 Å². The van der Waals surface area contributed by atoms with Gasteiger partial charge in [0.15, 0.2) is 5.16 Å². The number of benzene rings is 4. The van der Waals surface area contributed by atoms with Crippen LogP contribution in [0.4, 0.5) is 56.3 Å². The number of ether oxygens (including phenoxy) is 2. The van der Waals surface area contributed by atoms with Crippen LogP contribution in [0, 0.1) is 13.8 Å². The average Bonchev–Trinajstić information content (AvgIpc) is 3.93. The van der Waals surface area contributed by atoms with Crippen molar-refractivity contribution in [3.63, 3.8) is 0 Å². The zero-order chi connectivity index (χ0) is 50.5. The van der Waals surface area contributed by atoms with Crippen molar-refractivity contribution >= 4 is 131 Å². The van der Waals surface area contributed by atoms with E-state index < -0.39 is 20.2 Å². The summed E-state index contributed by atoms with van der Waals surface area (Å²) in [6.45, 7) is 13.8. The average molecular weight is 1050 g/mol. The van der Waals surface area contributed by atoms with Crippen LogP contribution >= 0.6 is 34.4 Å². The predicted molar refractivity (Wildman–Crippen MR) is 274 cm³/mol. The number of hydrogen-bond donors (Lipinski definition) is 5. The molecular weight excluding hydrogens is 1000 g/mol. The van der Waals surface area contributed by atoms with Crippen LogP contribution in [0.2, 0.25) is 0 Å². The Labute approximate surface area is 415 Å². The summed E-state index contributed by atoms with van der Waals surface area (Å²) in [7, 11) is -6.11. The fraction of sp³-hybridized carbons (Fsp3) is 0.326. The minimum Gasteiger partial charge on any atom is -0.494 e. The maximum Gasteiger partial charge on any atom is 0.296 e. The molecule has 0 spiro atoms. The van der Waals surface area contributed by atoms with Crippen molar-refractivity contribution < 1.29 is 40.5 Å². The molecule has 22 nitrogen and oxygen atoms in total. The van der Waals surface area contributed by atoms with Gasteiger partial charge < -0.3 is 35.0 Å². The van der Waals surface area contributed by atoms with Gasteiger partial charge in [-0.15, -0.1) is 20.5 Å². The van der Waals surface area contributed by atoms with Gasteiger partial charge >= 0.3 is 0 Å². The summed E-state index contributed by atoms with van der Waals surface area (Å²) in [6.07, 6.45) is 0. The normalized spacial score (nSPS) is 12.2. The first kappa shape index (κ1) is 51.6. The van der Waals surface area contributed by atoms with Gasteiger partial charge in [0.05, 0.1) is 53.0 Å². The van der Waals surface area contributed by atoms with Crippen LogP contribution in [0.1, 0.15) is 38.8 Å². The third-order valence-corrected chi connectivity index (χ3v) is 14.8. The number of hydrogen-bond acceptors (Lipinski definition) is 23. The lowest BCUT2D eigenvalue weighted by Gasteiger charge is -2.25. The Hall–Kier alpha value is -6.20. The molecule has 0 aliphatic rings. The van der Waals surface area contributed by atoms with Gasteiger partial charge in [0.1, 0.15) is 43.7 Å². The number of aryl methyl sites for hydroxylation is 2. The maximum atomic E-state index is 12.3. The number of aliphatic hydroxyl groups excluding tert-OH is 1. The molecule has 0 aliphatic heterocycles. The monoisotopic (exact) mass is 1050 g/mol. The summed E-state index contributed by atoms with van der Waals surface area (Å²) in [4.78, 5) is 26.4. The molecule has 0 radical (unpaired) electrons. The first-order valence-electron chi connectivity index (χ1n) is 21.5. The van der Waals surface area contributed by atoms with Gasteiger partial charge in [0.2, 0.25) is 22.2 Å². The first-order valence-corrected chi connectivity index (χ1v) is 27.0. The fourth-order valence-corrected chi connectivity index (χ4v) is 11.2. The van der Waals surface area contributed by atoms with Crippen LogP contribution in [0.15, 0.2) is 83.9 Å². The summed E-state index contributed by atoms with van der Waals surface area (Å²) >= 11 is 3.36. The van der Waals surface area contributed by atoms with E-state index in [1.165, 1.54) is 38.1 Å². The lowest BCUT2D eigenvalue weighted by atomic mass is 10.2. The zero-order valence-corrected chi connectivity index (χ0v) is 43.2. The second kappa shape index (κ2) is 21.8. The molecule has 0 atom stereocenters. The Morgan fingerprint density at radius 2 is 1.03 bits per heavy atom. The molecule has 0 saturated carbocycles. The molecular formula is C43H49N13O9S5. The number of rotatable bonds is 21. The molecule has 27 heteroatoms. The van der Waals surface area contributed by atoms with Gasteiger partial charge in [-0.1, -0.05) is 34.4 Å². The van der Waals surface area contributed by atoms with E-state index >= 15 is 0 Å². The van der Waals surface area contributed by atoms with Gasteiger partial charge in [-0.2, -0.15) is 31.8 Å². The quantitative estimate of drug-likeness (QED) is 0.0254. The third kappa shape index (κ3) is 11.7. The van der Waals surface area contributed by atoms with Gasteiger partial charge in [0, 0.05) is 44.1 Å². The number of anilines is 6. The Balaban J connectivity index is 1.33. The minimum atomic E-state index is -4.59. The largest absolute Gasteiger partial charge is 0.494 e. The standard InChI is InChI=1S/C43H49N13O9S5/c1-9-55(10-2)29-19-25(27(21-31(29)64-7)51-53-42-46-37-33(67-42)15-23(5)17-35(37)69(58,59)60)44-39-48-40(50-41(49-39)66-14-13-57)45-26-20-30(56(11-3)12-4)32(65-8)22-28(26)52-54-43-47-38-34(68-43)16-24(6)18-36(38)70(61,62)63/h15-22,57H,9-14H2,1-8H3,(H,58,59,60)(H,61,62,63)(H2,44,45,48,49,50). The molecule has 370 valence electrons. The highest BCUT2D eigenvalue weighted by molar-refractivity contribution is 7.99. The number of aliphatic hydroxyl groups is 1. The predicted octanol–water partition coefficient (Wildman–Crippen LogP) is 10.3. The van der Waals surface area contributed by atoms with Gasteiger partial charge in [0.25, 0.3) is 20.2 Å². The molecule has 3 aromatic heterocycles. The van der Waals surface area contributed by atoms with Crippen molar-refractivity contribution in [1.82, 2.24) is 24.9 Å². The van der Waals surface area contributed by atoms with E-state index in [1.807, 2.05) is 39.8 Å². The van der Waals surface area contributed by atoms with E-state index in [0.29, 0.717) is 69.6 Å². The molecule has 4 aromatic carbocycles. The summed E-state index contributed by atoms with van der Waals surface area (Å²) in [5.74, 6) is 1.36. The molecule has 0 saturated heterocycles. The fourth-order valence-electron chi connectivity index (χ4n) is 7.25. The second-order valence-electron chi connectivity index (χ2n) is 15.1. The number of thiazole rings is 2. The van der Waals surface area contributed by atoms with Crippen LogP contribution in [0.25, 0.3) is 20.4 Å². The number of aromatic nitrogens is 5. The first-order chi connectivity index (χ1) is 33.4. The number of azo groups is 2. The van der Waals surface area contributed by atoms with Crippen molar-refractivity contribution in [2.24, 2.45) is 20.5 Å². The zero-order valence-electron chi connectivity index (χ0n) is 39.1. The van der Waals surface area contributed by atoms with E-state index in [0.717, 1.165) is 34.0 Å². The Morgan fingerprint density at radius 1 is 0.614 bits per heavy atom. The van der Waals surface area contributed by atoms with Gasteiger partial charge in [-0.25, -0.2) is 9.97 Å². The third-order valence-electron chi connectivity index (χ3n) is 10.5. The molecule has 3 heterocycles. The number of methoxy groups -OCH3 is 2. The Bertz CT molecular complexity index is 3150. The molecule has 7 rings (SSSR count). The molecule has 0 amide bonds. The van der Waals surface area contributed by atoms with Crippen LogP contribution < -0.4 is 29.9 Å². The smallest absolute Gasteiger partial charge is 0.296 e. The summed E-state index contributed by atoms with van der Waals surface area (Å²) < 4.78 is 81.5. The molecule has 7 aromatic rings. The summed E-state index contributed by atoms with van der Waals surface area (Å²) in [5.41, 5.74) is 4.10. The van der Waals surface area contributed by atoms with Crippen LogP contribution in [-0.2, 0) is 20.2 Å². The van der Waals surface area contributed by atoms with E-state index in [4.69, 9.17) is 14.5 Å². The van der Waals surface area contributed by atoms with Crippen LogP contribution in [0.5, 0.6) is 11.5 Å². The topological polar surface area (TPSA) is 292 Å². The molecule has 0 fully saturated rings.